The van der Waals surface area contributed by atoms with Crippen molar-refractivity contribution < 1.29 is 14.3 Å². The Kier molecular flexibility index (Phi) is 7.22. The lowest BCUT2D eigenvalue weighted by molar-refractivity contribution is -0.115. The Morgan fingerprint density at radius 1 is 1.19 bits per heavy atom. The van der Waals surface area contributed by atoms with Crippen molar-refractivity contribution in [2.45, 2.75) is 49.8 Å². The van der Waals surface area contributed by atoms with Crippen molar-refractivity contribution in [3.05, 3.63) is 58.7 Å². The van der Waals surface area contributed by atoms with Crippen LogP contribution in [0.4, 0.5) is 5.00 Å². The third-order valence-corrected chi connectivity index (χ3v) is 7.51. The molecule has 1 unspecified atom stereocenters. The summed E-state index contributed by atoms with van der Waals surface area (Å²) in [4.78, 5) is 35.5. The molecule has 4 rings (SSSR count). The van der Waals surface area contributed by atoms with E-state index >= 15 is 0 Å². The van der Waals surface area contributed by atoms with Crippen LogP contribution >= 0.6 is 23.1 Å². The van der Waals surface area contributed by atoms with Crippen LogP contribution in [0, 0.1) is 0 Å². The second kappa shape index (κ2) is 10.3. The van der Waals surface area contributed by atoms with Gasteiger partial charge in [-0.05, 0) is 51.2 Å². The Balaban J connectivity index is 1.50. The molecule has 1 aromatic carbocycles. The topological polar surface area (TPSA) is 81.2 Å². The predicted octanol–water partition coefficient (Wildman–Crippen LogP) is 5.38. The number of thioether (sulfide) groups is 1. The smallest absolute Gasteiger partial charge is 0.341 e. The fourth-order valence-electron chi connectivity index (χ4n) is 3.69. The van der Waals surface area contributed by atoms with Crippen LogP contribution in [0.25, 0.3) is 11.3 Å². The molecule has 0 saturated heterocycles. The first-order valence-electron chi connectivity index (χ1n) is 10.7. The third-order valence-electron chi connectivity index (χ3n) is 5.27. The molecule has 32 heavy (non-hydrogen) atoms. The molecule has 1 amide bonds. The van der Waals surface area contributed by atoms with Crippen molar-refractivity contribution in [2.75, 3.05) is 11.9 Å². The van der Waals surface area contributed by atoms with E-state index in [1.165, 1.54) is 34.3 Å². The first-order valence-corrected chi connectivity index (χ1v) is 12.4. The van der Waals surface area contributed by atoms with Gasteiger partial charge in [-0.15, -0.1) is 11.3 Å². The maximum absolute atomic E-state index is 13.0. The summed E-state index contributed by atoms with van der Waals surface area (Å²) in [7, 11) is 0. The van der Waals surface area contributed by atoms with Gasteiger partial charge in [0.15, 0.2) is 0 Å². The van der Waals surface area contributed by atoms with Crippen molar-refractivity contribution in [1.29, 1.82) is 0 Å². The number of thiophene rings is 1. The van der Waals surface area contributed by atoms with E-state index in [9.17, 15) is 9.59 Å². The number of esters is 1. The predicted molar refractivity (Wildman–Crippen MR) is 128 cm³/mol. The molecular weight excluding hydrogens is 442 g/mol. The number of anilines is 1. The van der Waals surface area contributed by atoms with Crippen molar-refractivity contribution in [1.82, 2.24) is 9.97 Å². The molecule has 0 radical (unpaired) electrons. The summed E-state index contributed by atoms with van der Waals surface area (Å²) < 4.78 is 5.28. The standard InChI is InChI=1S/C24H25N3O3S2/c1-3-30-24(29)21-17-11-7-8-12-19(17)32-23(21)27-22(28)15(2)31-20-13-18(25-14-26-20)16-9-5-4-6-10-16/h4-6,9-10,13-15H,3,7-8,11-12H2,1-2H3,(H,27,28). The molecule has 0 fully saturated rings. The highest BCUT2D eigenvalue weighted by Gasteiger charge is 2.28. The van der Waals surface area contributed by atoms with Crippen LogP contribution in [-0.2, 0) is 22.4 Å². The van der Waals surface area contributed by atoms with E-state index in [0.717, 1.165) is 47.5 Å². The molecule has 2 heterocycles. The quantitative estimate of drug-likeness (QED) is 0.285. The summed E-state index contributed by atoms with van der Waals surface area (Å²) in [5.74, 6) is -0.523. The summed E-state index contributed by atoms with van der Waals surface area (Å²) >= 11 is 2.86. The number of fused-ring (bicyclic) bond motifs is 1. The Labute approximate surface area is 195 Å². The van der Waals surface area contributed by atoms with Gasteiger partial charge in [-0.3, -0.25) is 4.79 Å². The lowest BCUT2D eigenvalue weighted by atomic mass is 9.95. The number of nitrogens with zero attached hydrogens (tertiary/aromatic N) is 2. The summed E-state index contributed by atoms with van der Waals surface area (Å²) in [5.41, 5.74) is 3.38. The van der Waals surface area contributed by atoms with Gasteiger partial charge in [-0.1, -0.05) is 42.1 Å². The van der Waals surface area contributed by atoms with Crippen LogP contribution in [0.5, 0.6) is 0 Å². The molecule has 0 bridgehead atoms. The minimum absolute atomic E-state index is 0.168. The van der Waals surface area contributed by atoms with Gasteiger partial charge in [-0.25, -0.2) is 14.8 Å². The molecule has 1 aliphatic rings. The molecular formula is C24H25N3O3S2. The first-order chi connectivity index (χ1) is 15.6. The Bertz CT molecular complexity index is 1110. The highest BCUT2D eigenvalue weighted by Crippen LogP contribution is 2.39. The zero-order valence-corrected chi connectivity index (χ0v) is 19.7. The molecule has 0 spiro atoms. The van der Waals surface area contributed by atoms with E-state index in [0.29, 0.717) is 17.2 Å². The van der Waals surface area contributed by atoms with Crippen LogP contribution in [0.3, 0.4) is 0 Å². The van der Waals surface area contributed by atoms with Gasteiger partial charge in [-0.2, -0.15) is 0 Å². The van der Waals surface area contributed by atoms with Crippen LogP contribution in [0.1, 0.15) is 47.5 Å². The number of carbonyl (C=O) groups is 2. The molecule has 6 nitrogen and oxygen atoms in total. The van der Waals surface area contributed by atoms with Crippen molar-refractivity contribution in [3.8, 4) is 11.3 Å². The SMILES string of the molecule is CCOC(=O)c1c(NC(=O)C(C)Sc2cc(-c3ccccc3)ncn2)sc2c1CCCC2. The van der Waals surface area contributed by atoms with E-state index < -0.39 is 5.25 Å². The van der Waals surface area contributed by atoms with E-state index in [1.54, 1.807) is 6.92 Å². The fraction of sp³-hybridized carbons (Fsp3) is 0.333. The fourth-order valence-corrected chi connectivity index (χ4v) is 5.79. The van der Waals surface area contributed by atoms with Gasteiger partial charge in [0, 0.05) is 10.4 Å². The minimum Gasteiger partial charge on any atom is -0.462 e. The number of rotatable bonds is 7. The van der Waals surface area contributed by atoms with Crippen molar-refractivity contribution in [2.24, 2.45) is 0 Å². The highest BCUT2D eigenvalue weighted by molar-refractivity contribution is 8.00. The summed E-state index contributed by atoms with van der Waals surface area (Å²) in [6.45, 7) is 3.93. The zero-order chi connectivity index (χ0) is 22.5. The van der Waals surface area contributed by atoms with E-state index in [-0.39, 0.29) is 11.9 Å². The van der Waals surface area contributed by atoms with Gasteiger partial charge >= 0.3 is 5.97 Å². The second-order valence-electron chi connectivity index (χ2n) is 7.49. The Morgan fingerprint density at radius 2 is 1.97 bits per heavy atom. The maximum Gasteiger partial charge on any atom is 0.341 e. The number of aryl methyl sites for hydroxylation is 1. The first kappa shape index (κ1) is 22.5. The van der Waals surface area contributed by atoms with Gasteiger partial charge in [0.2, 0.25) is 5.91 Å². The number of amides is 1. The molecule has 0 saturated carbocycles. The van der Waals surface area contributed by atoms with E-state index in [2.05, 4.69) is 15.3 Å². The average molecular weight is 468 g/mol. The third kappa shape index (κ3) is 5.02. The largest absolute Gasteiger partial charge is 0.462 e. The average Bonchev–Trinajstić information content (AvgIpc) is 3.18. The van der Waals surface area contributed by atoms with Crippen molar-refractivity contribution in [3.63, 3.8) is 0 Å². The molecule has 1 N–H and O–H groups in total. The molecule has 8 heteroatoms. The molecule has 0 aliphatic heterocycles. The monoisotopic (exact) mass is 467 g/mol. The van der Waals surface area contributed by atoms with Gasteiger partial charge < -0.3 is 10.1 Å². The highest BCUT2D eigenvalue weighted by atomic mass is 32.2. The van der Waals surface area contributed by atoms with Gasteiger partial charge in [0.25, 0.3) is 0 Å². The van der Waals surface area contributed by atoms with Gasteiger partial charge in [0.1, 0.15) is 16.4 Å². The number of carbonyl (C=O) groups excluding carboxylic acids is 2. The van der Waals surface area contributed by atoms with Crippen LogP contribution in [-0.4, -0.2) is 33.7 Å². The van der Waals surface area contributed by atoms with Gasteiger partial charge in [0.05, 0.1) is 23.1 Å². The van der Waals surface area contributed by atoms with E-state index in [4.69, 9.17) is 4.74 Å². The number of ether oxygens (including phenoxy) is 1. The number of hydrogen-bond acceptors (Lipinski definition) is 7. The Morgan fingerprint density at radius 3 is 2.75 bits per heavy atom. The molecule has 1 atom stereocenters. The lowest BCUT2D eigenvalue weighted by Crippen LogP contribution is -2.23. The molecule has 1 aliphatic carbocycles. The molecule has 3 aromatic rings. The Hall–Kier alpha value is -2.71. The zero-order valence-electron chi connectivity index (χ0n) is 18.1. The van der Waals surface area contributed by atoms with Crippen molar-refractivity contribution >= 4 is 40.0 Å². The summed E-state index contributed by atoms with van der Waals surface area (Å²) in [6.07, 6.45) is 5.46. The molecule has 2 aromatic heterocycles. The number of benzene rings is 1. The maximum atomic E-state index is 13.0. The minimum atomic E-state index is -0.400. The summed E-state index contributed by atoms with van der Waals surface area (Å²) in [6, 6.07) is 11.7. The van der Waals surface area contributed by atoms with Crippen LogP contribution < -0.4 is 5.32 Å². The normalized spacial score (nSPS) is 13.8. The van der Waals surface area contributed by atoms with Crippen LogP contribution in [0.15, 0.2) is 47.8 Å². The summed E-state index contributed by atoms with van der Waals surface area (Å²) in [5, 5.41) is 3.91. The number of hydrogen-bond donors (Lipinski definition) is 1. The number of aromatic nitrogens is 2. The lowest BCUT2D eigenvalue weighted by Gasteiger charge is -2.13. The second-order valence-corrected chi connectivity index (χ2v) is 9.96. The van der Waals surface area contributed by atoms with E-state index in [1.807, 2.05) is 43.3 Å². The number of nitrogens with one attached hydrogen (secondary N) is 1. The van der Waals surface area contributed by atoms with Crippen LogP contribution in [0.2, 0.25) is 0 Å². The molecule has 166 valence electrons.